The molecule has 152 valence electrons. The Hall–Kier alpha value is -3.47. The summed E-state index contributed by atoms with van der Waals surface area (Å²) in [5.74, 6) is 0.339. The van der Waals surface area contributed by atoms with E-state index in [0.29, 0.717) is 18.0 Å². The summed E-state index contributed by atoms with van der Waals surface area (Å²) >= 11 is 0. The summed E-state index contributed by atoms with van der Waals surface area (Å²) in [5, 5.41) is 7.48. The molecular weight excluding hydrogens is 372 g/mol. The molecule has 0 saturated carbocycles. The van der Waals surface area contributed by atoms with Crippen molar-refractivity contribution in [3.05, 3.63) is 88.9 Å². The fourth-order valence-corrected chi connectivity index (χ4v) is 3.62. The molecule has 0 unspecified atom stereocenters. The number of nitrogens with zero attached hydrogens (tertiary/aromatic N) is 3. The number of carbonyl (C=O) groups is 1. The Morgan fingerprint density at radius 2 is 1.83 bits per heavy atom. The third-order valence-corrected chi connectivity index (χ3v) is 5.44. The number of nitrogens with one attached hydrogen (secondary N) is 1. The third kappa shape index (κ3) is 3.83. The van der Waals surface area contributed by atoms with E-state index in [1.807, 2.05) is 38.2 Å². The topological polar surface area (TPSA) is 59.3 Å². The van der Waals surface area contributed by atoms with Crippen LogP contribution in [0.4, 0.5) is 0 Å². The Morgan fingerprint density at radius 1 is 1.07 bits per heavy atom. The van der Waals surface area contributed by atoms with Crippen LogP contribution in [0.15, 0.2) is 60.9 Å². The summed E-state index contributed by atoms with van der Waals surface area (Å²) < 4.78 is 1.74. The maximum atomic E-state index is 12.8. The molecular formula is C25H26N4O. The SMILES string of the molecule is Cc1cccc(CNC(=O)c2cnc3c(-c4ccc(C(C)C)cc4)cnn3c2C)c1. The summed E-state index contributed by atoms with van der Waals surface area (Å²) in [6.07, 6.45) is 3.46. The minimum Gasteiger partial charge on any atom is -0.348 e. The summed E-state index contributed by atoms with van der Waals surface area (Å²) in [4.78, 5) is 17.3. The van der Waals surface area contributed by atoms with Crippen LogP contribution in [-0.4, -0.2) is 20.5 Å². The van der Waals surface area contributed by atoms with Crippen molar-refractivity contribution in [3.63, 3.8) is 0 Å². The van der Waals surface area contributed by atoms with E-state index < -0.39 is 0 Å². The lowest BCUT2D eigenvalue weighted by atomic mass is 10.00. The highest BCUT2D eigenvalue weighted by atomic mass is 16.1. The first-order valence-electron chi connectivity index (χ1n) is 10.2. The molecule has 1 N–H and O–H groups in total. The van der Waals surface area contributed by atoms with Crippen molar-refractivity contribution in [3.8, 4) is 11.1 Å². The van der Waals surface area contributed by atoms with Gasteiger partial charge in [-0.1, -0.05) is 67.9 Å². The van der Waals surface area contributed by atoms with E-state index in [4.69, 9.17) is 0 Å². The normalized spacial score (nSPS) is 11.2. The van der Waals surface area contributed by atoms with Gasteiger partial charge in [-0.3, -0.25) is 4.79 Å². The fraction of sp³-hybridized carbons (Fsp3) is 0.240. The van der Waals surface area contributed by atoms with Gasteiger partial charge in [0.05, 0.1) is 17.5 Å². The number of rotatable bonds is 5. The van der Waals surface area contributed by atoms with Gasteiger partial charge in [-0.15, -0.1) is 0 Å². The number of hydrogen-bond acceptors (Lipinski definition) is 3. The number of benzene rings is 2. The monoisotopic (exact) mass is 398 g/mol. The predicted octanol–water partition coefficient (Wildman–Crippen LogP) is 5.07. The summed E-state index contributed by atoms with van der Waals surface area (Å²) in [6, 6.07) is 16.6. The van der Waals surface area contributed by atoms with Crippen molar-refractivity contribution in [2.24, 2.45) is 0 Å². The lowest BCUT2D eigenvalue weighted by Gasteiger charge is -2.10. The molecule has 0 aliphatic rings. The van der Waals surface area contributed by atoms with Gasteiger partial charge in [0, 0.05) is 18.3 Å². The van der Waals surface area contributed by atoms with Gasteiger partial charge in [-0.05, 0) is 36.5 Å². The number of aromatic nitrogens is 3. The zero-order chi connectivity index (χ0) is 21.3. The van der Waals surface area contributed by atoms with Crippen LogP contribution >= 0.6 is 0 Å². The van der Waals surface area contributed by atoms with Crippen LogP contribution in [0.5, 0.6) is 0 Å². The molecule has 0 saturated heterocycles. The Bertz CT molecular complexity index is 1210. The highest BCUT2D eigenvalue weighted by Gasteiger charge is 2.16. The highest BCUT2D eigenvalue weighted by molar-refractivity contribution is 5.95. The average Bonchev–Trinajstić information content (AvgIpc) is 3.17. The van der Waals surface area contributed by atoms with Gasteiger partial charge >= 0.3 is 0 Å². The summed E-state index contributed by atoms with van der Waals surface area (Å²) in [7, 11) is 0. The number of fused-ring (bicyclic) bond motifs is 1. The van der Waals surface area contributed by atoms with Crippen molar-refractivity contribution in [1.82, 2.24) is 19.9 Å². The predicted molar refractivity (Wildman–Crippen MR) is 120 cm³/mol. The molecule has 2 aromatic carbocycles. The van der Waals surface area contributed by atoms with Gasteiger partial charge in [0.25, 0.3) is 5.91 Å². The Labute approximate surface area is 176 Å². The van der Waals surface area contributed by atoms with Crippen LogP contribution < -0.4 is 5.32 Å². The average molecular weight is 399 g/mol. The molecule has 0 aliphatic heterocycles. The van der Waals surface area contributed by atoms with E-state index in [0.717, 1.165) is 28.0 Å². The third-order valence-electron chi connectivity index (χ3n) is 5.44. The molecule has 5 nitrogen and oxygen atoms in total. The minimum atomic E-state index is -0.151. The molecule has 4 rings (SSSR count). The van der Waals surface area contributed by atoms with E-state index in [9.17, 15) is 4.79 Å². The minimum absolute atomic E-state index is 0.151. The van der Waals surface area contributed by atoms with Crippen LogP contribution in [0.3, 0.4) is 0 Å². The smallest absolute Gasteiger partial charge is 0.254 e. The zero-order valence-corrected chi connectivity index (χ0v) is 17.8. The van der Waals surface area contributed by atoms with Crippen LogP contribution in [0.2, 0.25) is 0 Å². The number of amides is 1. The molecule has 2 aromatic heterocycles. The summed E-state index contributed by atoms with van der Waals surface area (Å²) in [5.41, 5.74) is 7.62. The standard InChI is InChI=1S/C25H26N4O/c1-16(2)20-8-10-21(11-9-20)23-15-28-29-18(4)22(14-26-24(23)29)25(30)27-13-19-7-5-6-17(3)12-19/h5-12,14-16H,13H2,1-4H3,(H,27,30). The van der Waals surface area contributed by atoms with Crippen molar-refractivity contribution in [2.45, 2.75) is 40.2 Å². The van der Waals surface area contributed by atoms with Crippen LogP contribution in [0.25, 0.3) is 16.8 Å². The maximum absolute atomic E-state index is 12.8. The van der Waals surface area contributed by atoms with Crippen LogP contribution in [0.1, 0.15) is 52.5 Å². The quantitative estimate of drug-likeness (QED) is 0.511. The van der Waals surface area contributed by atoms with Gasteiger partial charge in [0.1, 0.15) is 0 Å². The van der Waals surface area contributed by atoms with E-state index in [-0.39, 0.29) is 5.91 Å². The molecule has 0 spiro atoms. The molecule has 2 heterocycles. The second-order valence-corrected chi connectivity index (χ2v) is 8.00. The van der Waals surface area contributed by atoms with E-state index in [1.165, 1.54) is 11.1 Å². The molecule has 1 amide bonds. The first kappa shape index (κ1) is 19.8. The molecule has 0 atom stereocenters. The number of aryl methyl sites for hydroxylation is 2. The molecule has 0 aliphatic carbocycles. The zero-order valence-electron chi connectivity index (χ0n) is 17.8. The maximum Gasteiger partial charge on any atom is 0.254 e. The largest absolute Gasteiger partial charge is 0.348 e. The Balaban J connectivity index is 1.59. The Morgan fingerprint density at radius 3 is 2.53 bits per heavy atom. The van der Waals surface area contributed by atoms with Crippen molar-refractivity contribution >= 4 is 11.6 Å². The van der Waals surface area contributed by atoms with Gasteiger partial charge in [0.15, 0.2) is 5.65 Å². The summed E-state index contributed by atoms with van der Waals surface area (Å²) in [6.45, 7) is 8.78. The van der Waals surface area contributed by atoms with Crippen LogP contribution in [0, 0.1) is 13.8 Å². The highest BCUT2D eigenvalue weighted by Crippen LogP contribution is 2.26. The van der Waals surface area contributed by atoms with Gasteiger partial charge < -0.3 is 5.32 Å². The van der Waals surface area contributed by atoms with Crippen molar-refractivity contribution < 1.29 is 4.79 Å². The molecule has 4 aromatic rings. The molecule has 0 radical (unpaired) electrons. The van der Waals surface area contributed by atoms with Crippen molar-refractivity contribution in [1.29, 1.82) is 0 Å². The number of hydrogen-bond donors (Lipinski definition) is 1. The lowest BCUT2D eigenvalue weighted by molar-refractivity contribution is 0.0949. The first-order valence-corrected chi connectivity index (χ1v) is 10.2. The second kappa shape index (κ2) is 8.11. The first-order chi connectivity index (χ1) is 14.4. The molecule has 0 bridgehead atoms. The molecule has 5 heteroatoms. The van der Waals surface area contributed by atoms with E-state index in [2.05, 4.69) is 59.6 Å². The number of carbonyl (C=O) groups excluding carboxylic acids is 1. The van der Waals surface area contributed by atoms with E-state index in [1.54, 1.807) is 10.7 Å². The molecule has 30 heavy (non-hydrogen) atoms. The van der Waals surface area contributed by atoms with Gasteiger partial charge in [-0.2, -0.15) is 5.10 Å². The fourth-order valence-electron chi connectivity index (χ4n) is 3.62. The van der Waals surface area contributed by atoms with E-state index >= 15 is 0 Å². The van der Waals surface area contributed by atoms with Crippen LogP contribution in [-0.2, 0) is 6.54 Å². The Kier molecular flexibility index (Phi) is 5.36. The lowest BCUT2D eigenvalue weighted by Crippen LogP contribution is -2.24. The van der Waals surface area contributed by atoms with Gasteiger partial charge in [0.2, 0.25) is 0 Å². The second-order valence-electron chi connectivity index (χ2n) is 8.00. The van der Waals surface area contributed by atoms with Gasteiger partial charge in [-0.25, -0.2) is 9.50 Å². The van der Waals surface area contributed by atoms with Crippen molar-refractivity contribution in [2.75, 3.05) is 0 Å². The molecule has 0 fully saturated rings.